The Bertz CT molecular complexity index is 421. The summed E-state index contributed by atoms with van der Waals surface area (Å²) in [7, 11) is 1.72. The van der Waals surface area contributed by atoms with E-state index in [-0.39, 0.29) is 0 Å². The molecule has 3 nitrogen and oxygen atoms in total. The van der Waals surface area contributed by atoms with E-state index in [9.17, 15) is 0 Å². The highest BCUT2D eigenvalue weighted by atomic mass is 16.5. The minimum absolute atomic E-state index is 0.625. The summed E-state index contributed by atoms with van der Waals surface area (Å²) in [5.74, 6) is 0.969. The van der Waals surface area contributed by atoms with Crippen LogP contribution >= 0.6 is 0 Å². The number of nitriles is 1. The summed E-state index contributed by atoms with van der Waals surface area (Å²) in [6, 6.07) is 6.45. The summed E-state index contributed by atoms with van der Waals surface area (Å²) in [6.45, 7) is 6.05. The molecule has 1 aromatic carbocycles. The molecule has 0 aliphatic heterocycles. The Kier molecular flexibility index (Phi) is 6.24. The Morgan fingerprint density at radius 3 is 2.61 bits per heavy atom. The fourth-order valence-electron chi connectivity index (χ4n) is 1.88. The van der Waals surface area contributed by atoms with Crippen LogP contribution in [0, 0.1) is 25.2 Å². The molecule has 1 rings (SSSR count). The van der Waals surface area contributed by atoms with E-state index in [4.69, 9.17) is 10.00 Å². The molecule has 0 atom stereocenters. The van der Waals surface area contributed by atoms with Crippen LogP contribution in [0.25, 0.3) is 0 Å². The minimum atomic E-state index is 0.625. The predicted molar refractivity (Wildman–Crippen MR) is 73.9 cm³/mol. The van der Waals surface area contributed by atoms with E-state index < -0.39 is 0 Å². The first-order valence-electron chi connectivity index (χ1n) is 6.40. The fourth-order valence-corrected chi connectivity index (χ4v) is 1.88. The molecule has 1 aromatic rings. The van der Waals surface area contributed by atoms with Crippen molar-refractivity contribution in [3.05, 3.63) is 28.8 Å². The smallest absolute Gasteiger partial charge is 0.122 e. The normalized spacial score (nSPS) is 10.1. The number of rotatable bonds is 7. The third-order valence-corrected chi connectivity index (χ3v) is 3.11. The van der Waals surface area contributed by atoms with Crippen LogP contribution in [0.2, 0.25) is 0 Å². The number of nitrogens with one attached hydrogen (secondary N) is 1. The van der Waals surface area contributed by atoms with Crippen LogP contribution in [0.5, 0.6) is 5.75 Å². The van der Waals surface area contributed by atoms with Gasteiger partial charge in [-0.25, -0.2) is 0 Å². The van der Waals surface area contributed by atoms with E-state index in [0.717, 1.165) is 31.7 Å². The Balaban J connectivity index is 2.46. The van der Waals surface area contributed by atoms with Gasteiger partial charge in [-0.3, -0.25) is 0 Å². The van der Waals surface area contributed by atoms with E-state index >= 15 is 0 Å². The lowest BCUT2D eigenvalue weighted by atomic mass is 10.0. The van der Waals surface area contributed by atoms with Gasteiger partial charge in [0.25, 0.3) is 0 Å². The van der Waals surface area contributed by atoms with E-state index in [1.54, 1.807) is 7.11 Å². The van der Waals surface area contributed by atoms with E-state index in [2.05, 4.69) is 37.4 Å². The first kappa shape index (κ1) is 14.5. The van der Waals surface area contributed by atoms with Crippen molar-refractivity contribution in [2.75, 3.05) is 20.2 Å². The maximum Gasteiger partial charge on any atom is 0.122 e. The lowest BCUT2D eigenvalue weighted by molar-refractivity contribution is 0.408. The topological polar surface area (TPSA) is 45.0 Å². The molecule has 0 saturated heterocycles. The predicted octanol–water partition coefficient (Wildman–Crippen LogP) is 2.75. The van der Waals surface area contributed by atoms with Gasteiger partial charge in [0.2, 0.25) is 0 Å². The quantitative estimate of drug-likeness (QED) is 0.752. The number of methoxy groups -OCH3 is 1. The zero-order valence-electron chi connectivity index (χ0n) is 11.5. The summed E-state index contributed by atoms with van der Waals surface area (Å²) >= 11 is 0. The zero-order valence-corrected chi connectivity index (χ0v) is 11.5. The molecular formula is C15H22N2O. The molecule has 0 spiro atoms. The summed E-state index contributed by atoms with van der Waals surface area (Å²) in [6.07, 6.45) is 2.50. The molecule has 0 amide bonds. The monoisotopic (exact) mass is 246 g/mol. The number of benzene rings is 1. The van der Waals surface area contributed by atoms with Gasteiger partial charge in [0.1, 0.15) is 5.75 Å². The third kappa shape index (κ3) is 4.38. The highest BCUT2D eigenvalue weighted by Gasteiger charge is 2.05. The molecule has 98 valence electrons. The molecule has 0 aliphatic carbocycles. The van der Waals surface area contributed by atoms with Crippen LogP contribution in [-0.4, -0.2) is 20.2 Å². The molecule has 0 fully saturated rings. The largest absolute Gasteiger partial charge is 0.496 e. The second-order valence-corrected chi connectivity index (χ2v) is 4.51. The molecule has 3 heteroatoms. The van der Waals surface area contributed by atoms with Gasteiger partial charge in [-0.05, 0) is 62.5 Å². The van der Waals surface area contributed by atoms with Crippen LogP contribution in [0.1, 0.15) is 29.5 Å². The fraction of sp³-hybridized carbons (Fsp3) is 0.533. The van der Waals surface area contributed by atoms with Crippen molar-refractivity contribution in [1.29, 1.82) is 5.26 Å². The second kappa shape index (κ2) is 7.73. The average Bonchev–Trinajstić information content (AvgIpc) is 2.37. The number of nitrogens with zero attached hydrogens (tertiary/aromatic N) is 1. The number of ether oxygens (including phenoxy) is 1. The van der Waals surface area contributed by atoms with Gasteiger partial charge in [0.15, 0.2) is 0 Å². The van der Waals surface area contributed by atoms with Crippen molar-refractivity contribution in [3.8, 4) is 11.8 Å². The van der Waals surface area contributed by atoms with Gasteiger partial charge < -0.3 is 10.1 Å². The van der Waals surface area contributed by atoms with Gasteiger partial charge in [0, 0.05) is 6.42 Å². The van der Waals surface area contributed by atoms with E-state index in [1.807, 2.05) is 0 Å². The van der Waals surface area contributed by atoms with E-state index in [0.29, 0.717) is 6.42 Å². The first-order valence-corrected chi connectivity index (χ1v) is 6.40. The third-order valence-electron chi connectivity index (χ3n) is 3.11. The Morgan fingerprint density at radius 2 is 1.94 bits per heavy atom. The van der Waals surface area contributed by atoms with Gasteiger partial charge in [0.05, 0.1) is 13.2 Å². The van der Waals surface area contributed by atoms with Gasteiger partial charge in [-0.15, -0.1) is 0 Å². The maximum absolute atomic E-state index is 8.43. The molecule has 0 radical (unpaired) electrons. The maximum atomic E-state index is 8.43. The van der Waals surface area contributed by atoms with Crippen molar-refractivity contribution in [1.82, 2.24) is 5.32 Å². The molecule has 0 unspecified atom stereocenters. The Hall–Kier alpha value is -1.53. The van der Waals surface area contributed by atoms with Crippen molar-refractivity contribution in [2.24, 2.45) is 0 Å². The summed E-state index contributed by atoms with van der Waals surface area (Å²) < 4.78 is 5.41. The van der Waals surface area contributed by atoms with Gasteiger partial charge in [-0.2, -0.15) is 5.26 Å². The number of hydrogen-bond acceptors (Lipinski definition) is 3. The van der Waals surface area contributed by atoms with Crippen molar-refractivity contribution < 1.29 is 4.74 Å². The Morgan fingerprint density at radius 1 is 1.22 bits per heavy atom. The van der Waals surface area contributed by atoms with E-state index in [1.165, 1.54) is 16.7 Å². The summed E-state index contributed by atoms with van der Waals surface area (Å²) in [5, 5.41) is 11.8. The van der Waals surface area contributed by atoms with Crippen LogP contribution in [0.3, 0.4) is 0 Å². The summed E-state index contributed by atoms with van der Waals surface area (Å²) in [5.41, 5.74) is 3.81. The van der Waals surface area contributed by atoms with Crippen LogP contribution in [0.15, 0.2) is 12.1 Å². The number of hydrogen-bond donors (Lipinski definition) is 1. The first-order chi connectivity index (χ1) is 8.69. The highest BCUT2D eigenvalue weighted by Crippen LogP contribution is 2.23. The zero-order chi connectivity index (χ0) is 13.4. The molecule has 0 bridgehead atoms. The van der Waals surface area contributed by atoms with Crippen molar-refractivity contribution in [3.63, 3.8) is 0 Å². The van der Waals surface area contributed by atoms with Crippen molar-refractivity contribution in [2.45, 2.75) is 33.1 Å². The lowest BCUT2D eigenvalue weighted by Gasteiger charge is -2.12. The summed E-state index contributed by atoms with van der Waals surface area (Å²) in [4.78, 5) is 0. The highest BCUT2D eigenvalue weighted by molar-refractivity contribution is 5.41. The molecule has 0 aromatic heterocycles. The van der Waals surface area contributed by atoms with Crippen LogP contribution < -0.4 is 10.1 Å². The SMILES string of the molecule is COc1cc(C)c(C)cc1CCNCCCC#N. The Labute approximate surface area is 110 Å². The number of unbranched alkanes of at least 4 members (excludes halogenated alkanes) is 1. The molecule has 0 saturated carbocycles. The molecule has 0 aliphatic rings. The second-order valence-electron chi connectivity index (χ2n) is 4.51. The molecule has 0 heterocycles. The minimum Gasteiger partial charge on any atom is -0.496 e. The molecule has 18 heavy (non-hydrogen) atoms. The molecular weight excluding hydrogens is 224 g/mol. The van der Waals surface area contributed by atoms with Crippen LogP contribution in [-0.2, 0) is 6.42 Å². The van der Waals surface area contributed by atoms with Gasteiger partial charge in [-0.1, -0.05) is 6.07 Å². The molecule has 1 N–H and O–H groups in total. The van der Waals surface area contributed by atoms with Crippen LogP contribution in [0.4, 0.5) is 0 Å². The van der Waals surface area contributed by atoms with Gasteiger partial charge >= 0.3 is 0 Å². The van der Waals surface area contributed by atoms with Crippen molar-refractivity contribution >= 4 is 0 Å². The lowest BCUT2D eigenvalue weighted by Crippen LogP contribution is -2.18. The average molecular weight is 246 g/mol. The number of aryl methyl sites for hydroxylation is 2. The standard InChI is InChI=1S/C15H22N2O/c1-12-10-14(15(18-3)11-13(12)2)6-9-17-8-5-4-7-16/h10-11,17H,4-6,8-9H2,1-3H3.